The smallest absolute Gasteiger partial charge is 0.352 e. The molecule has 0 spiro atoms. The number of esters is 1. The number of hydrogen-bond acceptors (Lipinski definition) is 14. The number of thiazole rings is 1. The monoisotopic (exact) mass is 644 g/mol. The molecule has 0 radical (unpaired) electrons. The number of carboxylic acids is 1. The zero-order chi connectivity index (χ0) is 28.6. The third-order valence-corrected chi connectivity index (χ3v) is 11.1. The zero-order valence-electron chi connectivity index (χ0n) is 21.5. The molecule has 40 heavy (non-hydrogen) atoms. The average Bonchev–Trinajstić information content (AvgIpc) is 3.56. The van der Waals surface area contributed by atoms with Crippen LogP contribution in [0, 0.1) is 0 Å². The third kappa shape index (κ3) is 7.90. The molecule has 216 valence electrons. The highest BCUT2D eigenvalue weighted by atomic mass is 32.2. The van der Waals surface area contributed by atoms with Gasteiger partial charge in [0.05, 0.1) is 24.5 Å². The summed E-state index contributed by atoms with van der Waals surface area (Å²) >= 11 is 6.52. The van der Waals surface area contributed by atoms with E-state index in [0.717, 1.165) is 25.7 Å². The van der Waals surface area contributed by atoms with Crippen LogP contribution in [-0.2, 0) is 30.3 Å². The van der Waals surface area contributed by atoms with Crippen molar-refractivity contribution in [2.45, 2.75) is 59.1 Å². The number of carbonyl (C=O) groups is 4. The second-order valence-electron chi connectivity index (χ2n) is 8.76. The summed E-state index contributed by atoms with van der Waals surface area (Å²) in [6.07, 6.45) is 4.14. The Hall–Kier alpha value is -2.34. The van der Waals surface area contributed by atoms with E-state index in [1.165, 1.54) is 62.9 Å². The first-order valence-electron chi connectivity index (χ1n) is 12.4. The van der Waals surface area contributed by atoms with Gasteiger partial charge >= 0.3 is 11.9 Å². The molecule has 12 nitrogen and oxygen atoms in total. The summed E-state index contributed by atoms with van der Waals surface area (Å²) in [5, 5.41) is 22.4. The van der Waals surface area contributed by atoms with Gasteiger partial charge in [0.25, 0.3) is 5.91 Å². The minimum Gasteiger partial charge on any atom is -0.477 e. The van der Waals surface area contributed by atoms with E-state index in [1.54, 1.807) is 5.38 Å². The first-order chi connectivity index (χ1) is 19.3. The van der Waals surface area contributed by atoms with Crippen LogP contribution in [0.4, 0.5) is 5.13 Å². The van der Waals surface area contributed by atoms with Gasteiger partial charge in [-0.15, -0.1) is 33.3 Å². The van der Waals surface area contributed by atoms with Crippen LogP contribution in [0.1, 0.15) is 38.3 Å². The molecular formula is C23H28N6O6S5. The van der Waals surface area contributed by atoms with Gasteiger partial charge in [-0.3, -0.25) is 19.3 Å². The number of nitrogen functional groups attached to an aromatic ring is 1. The molecule has 1 fully saturated rings. The van der Waals surface area contributed by atoms with E-state index in [0.29, 0.717) is 43.2 Å². The lowest BCUT2D eigenvalue weighted by Crippen LogP contribution is -2.70. The standard InChI is InChI=1S/C23H28N6O6S5/c1-2-3-4-5-6-35-15(31)11-39-23-28-27-22(40-23)38-9-12-8-36-19-16(18(32)29(19)17(12)20(33)34)26-14(30)7-13-10-37-21(24)25-13/h10,16,19H,2-9,11H2,1H3,(H2,24,25)(H,26,30)(H,33,34)/t16?,19-/m1/s1. The highest BCUT2D eigenvalue weighted by molar-refractivity contribution is 8.03. The summed E-state index contributed by atoms with van der Waals surface area (Å²) in [5.74, 6) is -1.48. The molecule has 4 N–H and O–H groups in total. The number of thioether (sulfide) groups is 3. The second-order valence-corrected chi connectivity index (χ2v) is 14.2. The van der Waals surface area contributed by atoms with Gasteiger partial charge in [-0.05, 0) is 12.0 Å². The number of nitrogens with zero attached hydrogens (tertiary/aromatic N) is 4. The molecule has 0 aromatic carbocycles. The number of ether oxygens (including phenoxy) is 1. The van der Waals surface area contributed by atoms with E-state index in [1.807, 2.05) is 0 Å². The number of rotatable bonds is 15. The molecule has 2 amide bonds. The predicted octanol–water partition coefficient (Wildman–Crippen LogP) is 2.87. The van der Waals surface area contributed by atoms with E-state index >= 15 is 0 Å². The molecule has 2 aliphatic rings. The maximum absolute atomic E-state index is 12.9. The third-order valence-electron chi connectivity index (χ3n) is 5.81. The highest BCUT2D eigenvalue weighted by Crippen LogP contribution is 2.42. The lowest BCUT2D eigenvalue weighted by atomic mass is 10.0. The van der Waals surface area contributed by atoms with Crippen molar-refractivity contribution in [2.24, 2.45) is 0 Å². The van der Waals surface area contributed by atoms with Crippen LogP contribution in [0.5, 0.6) is 0 Å². The van der Waals surface area contributed by atoms with Crippen molar-refractivity contribution in [3.63, 3.8) is 0 Å². The Morgan fingerprint density at radius 1 is 1.23 bits per heavy atom. The van der Waals surface area contributed by atoms with Crippen LogP contribution in [0.15, 0.2) is 25.3 Å². The Labute approximate surface area is 251 Å². The minimum atomic E-state index is -1.20. The summed E-state index contributed by atoms with van der Waals surface area (Å²) in [6, 6.07) is -0.803. The highest BCUT2D eigenvalue weighted by Gasteiger charge is 2.54. The van der Waals surface area contributed by atoms with Crippen LogP contribution in [-0.4, -0.2) is 84.2 Å². The van der Waals surface area contributed by atoms with Crippen LogP contribution in [0.3, 0.4) is 0 Å². The van der Waals surface area contributed by atoms with Crippen molar-refractivity contribution in [1.82, 2.24) is 25.4 Å². The minimum absolute atomic E-state index is 0.0132. The molecule has 4 rings (SSSR count). The summed E-state index contributed by atoms with van der Waals surface area (Å²) in [7, 11) is 0. The number of hydrogen-bond donors (Lipinski definition) is 3. The maximum Gasteiger partial charge on any atom is 0.352 e. The van der Waals surface area contributed by atoms with Crippen molar-refractivity contribution >= 4 is 86.8 Å². The summed E-state index contributed by atoms with van der Waals surface area (Å²) in [5.41, 5.74) is 6.64. The maximum atomic E-state index is 12.9. The number of β-lactam (4-membered cyclic amide) rings is 1. The molecule has 4 heterocycles. The van der Waals surface area contributed by atoms with Gasteiger partial charge in [-0.2, -0.15) is 0 Å². The van der Waals surface area contributed by atoms with E-state index in [2.05, 4.69) is 27.4 Å². The number of nitrogens with one attached hydrogen (secondary N) is 1. The molecule has 2 aromatic rings. The summed E-state index contributed by atoms with van der Waals surface area (Å²) < 4.78 is 6.48. The van der Waals surface area contributed by atoms with Crippen LogP contribution in [0.25, 0.3) is 0 Å². The van der Waals surface area contributed by atoms with Crippen LogP contribution < -0.4 is 11.1 Å². The number of amides is 2. The largest absolute Gasteiger partial charge is 0.477 e. The van der Waals surface area contributed by atoms with Gasteiger partial charge in [0.2, 0.25) is 5.91 Å². The van der Waals surface area contributed by atoms with Crippen molar-refractivity contribution < 1.29 is 29.0 Å². The molecule has 0 saturated carbocycles. The van der Waals surface area contributed by atoms with Gasteiger partial charge in [0.15, 0.2) is 13.8 Å². The number of nitrogens with two attached hydrogens (primary N) is 1. The lowest BCUT2D eigenvalue weighted by Gasteiger charge is -2.49. The number of aliphatic carboxylic acids is 1. The molecule has 0 bridgehead atoms. The Morgan fingerprint density at radius 2 is 2.00 bits per heavy atom. The van der Waals surface area contributed by atoms with Crippen LogP contribution in [0.2, 0.25) is 0 Å². The number of carbonyl (C=O) groups excluding carboxylic acids is 3. The fourth-order valence-electron chi connectivity index (χ4n) is 3.93. The summed E-state index contributed by atoms with van der Waals surface area (Å²) in [6.45, 7) is 2.55. The Kier molecular flexibility index (Phi) is 11.1. The van der Waals surface area contributed by atoms with Crippen molar-refractivity contribution in [1.29, 1.82) is 0 Å². The number of unbranched alkanes of at least 4 members (excludes halogenated alkanes) is 3. The summed E-state index contributed by atoms with van der Waals surface area (Å²) in [4.78, 5) is 54.6. The molecule has 0 aliphatic carbocycles. The number of fused-ring (bicyclic) bond motifs is 1. The molecule has 1 saturated heterocycles. The second kappa shape index (κ2) is 14.5. The van der Waals surface area contributed by atoms with Gasteiger partial charge < -0.3 is 20.9 Å². The fourth-order valence-corrected chi connectivity index (χ4v) is 8.79. The van der Waals surface area contributed by atoms with Gasteiger partial charge in [0.1, 0.15) is 17.1 Å². The van der Waals surface area contributed by atoms with E-state index < -0.39 is 23.3 Å². The van der Waals surface area contributed by atoms with Crippen LogP contribution >= 0.6 is 58.0 Å². The van der Waals surface area contributed by atoms with Gasteiger partial charge in [0, 0.05) is 16.9 Å². The first-order valence-corrected chi connectivity index (χ1v) is 17.1. The van der Waals surface area contributed by atoms with Gasteiger partial charge in [-0.1, -0.05) is 61.0 Å². The molecule has 17 heteroatoms. The topological polar surface area (TPSA) is 178 Å². The number of anilines is 1. The van der Waals surface area contributed by atoms with Crippen molar-refractivity contribution in [3.8, 4) is 0 Å². The Morgan fingerprint density at radius 3 is 2.70 bits per heavy atom. The molecule has 2 aromatic heterocycles. The number of aromatic nitrogens is 3. The normalized spacial score (nSPS) is 18.3. The fraction of sp³-hybridized carbons (Fsp3) is 0.522. The quantitative estimate of drug-likeness (QED) is 0.112. The first kappa shape index (κ1) is 30.6. The Balaban J connectivity index is 1.27. The van der Waals surface area contributed by atoms with Crippen molar-refractivity contribution in [3.05, 3.63) is 22.3 Å². The molecule has 2 aliphatic heterocycles. The van der Waals surface area contributed by atoms with E-state index in [-0.39, 0.29) is 29.7 Å². The molecular weight excluding hydrogens is 617 g/mol. The van der Waals surface area contributed by atoms with E-state index in [4.69, 9.17) is 10.5 Å². The Bertz CT molecular complexity index is 1280. The average molecular weight is 645 g/mol. The zero-order valence-corrected chi connectivity index (χ0v) is 25.6. The van der Waals surface area contributed by atoms with Gasteiger partial charge in [-0.25, -0.2) is 9.78 Å². The lowest BCUT2D eigenvalue weighted by molar-refractivity contribution is -0.150. The van der Waals surface area contributed by atoms with Crippen molar-refractivity contribution in [2.75, 3.05) is 29.6 Å². The SMILES string of the molecule is CCCCCCOC(=O)CSc1nnc(SCC2=C(C(=O)O)N3C(=O)C(NC(=O)Cc4csc(N)n4)[C@H]3SC2)s1. The molecule has 2 atom stereocenters. The van der Waals surface area contributed by atoms with E-state index in [9.17, 15) is 24.3 Å². The number of carboxylic acid groups (broad SMARTS) is 1. The molecule has 1 unspecified atom stereocenters. The predicted molar refractivity (Wildman–Crippen MR) is 156 cm³/mol.